The molecule has 12 heteroatoms. The van der Waals surface area contributed by atoms with E-state index in [9.17, 15) is 25.3 Å². The van der Waals surface area contributed by atoms with Crippen LogP contribution in [0.5, 0.6) is 0 Å². The van der Waals surface area contributed by atoms with E-state index in [0.717, 1.165) is 49.7 Å². The van der Waals surface area contributed by atoms with Crippen LogP contribution in [0.2, 0.25) is 0 Å². The number of nitro benzene ring substituents is 2. The number of allylic oxidation sites excluding steroid dienone is 1. The molecule has 2 aromatic rings. The Balaban J connectivity index is 0.000000782. The van der Waals surface area contributed by atoms with Crippen LogP contribution >= 0.6 is 0 Å². The molecule has 0 radical (unpaired) electrons. The Morgan fingerprint density at radius 3 is 1.78 bits per heavy atom. The van der Waals surface area contributed by atoms with Gasteiger partial charge in [-0.05, 0) is 111 Å². The van der Waals surface area contributed by atoms with Crippen molar-refractivity contribution in [3.63, 3.8) is 0 Å². The lowest BCUT2D eigenvalue weighted by Gasteiger charge is -2.30. The molecule has 45 heavy (non-hydrogen) atoms. The molecule has 8 N–H and O–H groups in total. The second-order valence-electron chi connectivity index (χ2n) is 11.5. The van der Waals surface area contributed by atoms with E-state index in [2.05, 4.69) is 18.8 Å². The van der Waals surface area contributed by atoms with Gasteiger partial charge in [0, 0.05) is 37.0 Å². The fourth-order valence-electron chi connectivity index (χ4n) is 5.10. The molecule has 2 aromatic carbocycles. The number of non-ortho nitro benzene ring substituents is 2. The van der Waals surface area contributed by atoms with E-state index in [1.807, 2.05) is 12.2 Å². The zero-order valence-corrected chi connectivity index (χ0v) is 26.7. The van der Waals surface area contributed by atoms with Crippen LogP contribution in [0.1, 0.15) is 76.3 Å². The lowest BCUT2D eigenvalue weighted by molar-refractivity contribution is -0.385. The van der Waals surface area contributed by atoms with Crippen LogP contribution in [-0.4, -0.2) is 65.2 Å². The predicted octanol–water partition coefficient (Wildman–Crippen LogP) is 4.98. The molecule has 0 heterocycles. The molecule has 2 unspecified atom stereocenters. The molecule has 0 aliphatic heterocycles. The number of aliphatic imine (C=N–C) groups is 1. The summed E-state index contributed by atoms with van der Waals surface area (Å²) in [5.41, 5.74) is 18.4. The van der Waals surface area contributed by atoms with Crippen LogP contribution in [0.3, 0.4) is 0 Å². The second-order valence-corrected chi connectivity index (χ2v) is 11.5. The first-order valence-corrected chi connectivity index (χ1v) is 15.6. The SMILES string of the molecule is CCC(CC=Cc1ccc([N+](=O)[O-])cc1)(CCCC(O)CO)CN=Cc1ccc([N+](=O)[O-])cc1.CCC(CN)(CCN)CCN. The van der Waals surface area contributed by atoms with Gasteiger partial charge in [0.25, 0.3) is 11.4 Å². The Bertz CT molecular complexity index is 1110. The van der Waals surface area contributed by atoms with Gasteiger partial charge in [0.2, 0.25) is 0 Å². The molecule has 0 spiro atoms. The minimum atomic E-state index is -0.742. The molecule has 0 aliphatic rings. The van der Waals surface area contributed by atoms with E-state index in [1.54, 1.807) is 30.5 Å². The highest BCUT2D eigenvalue weighted by molar-refractivity contribution is 5.79. The Kier molecular flexibility index (Phi) is 18.6. The molecule has 0 amide bonds. The third kappa shape index (κ3) is 14.4. The third-order valence-electron chi connectivity index (χ3n) is 8.47. The quantitative estimate of drug-likeness (QED) is 0.0757. The van der Waals surface area contributed by atoms with E-state index in [0.29, 0.717) is 39.0 Å². The maximum atomic E-state index is 10.8. The van der Waals surface area contributed by atoms with Gasteiger partial charge < -0.3 is 27.4 Å². The van der Waals surface area contributed by atoms with Crippen molar-refractivity contribution in [1.82, 2.24) is 0 Å². The minimum absolute atomic E-state index is 0.0267. The molecule has 0 bridgehead atoms. The summed E-state index contributed by atoms with van der Waals surface area (Å²) in [5, 5.41) is 40.5. The maximum Gasteiger partial charge on any atom is 0.269 e. The number of aliphatic hydroxyl groups excluding tert-OH is 2. The minimum Gasteiger partial charge on any atom is -0.394 e. The number of nitro groups is 2. The van der Waals surface area contributed by atoms with Gasteiger partial charge in [-0.2, -0.15) is 0 Å². The van der Waals surface area contributed by atoms with E-state index in [4.69, 9.17) is 22.3 Å². The zero-order chi connectivity index (χ0) is 33.7. The summed E-state index contributed by atoms with van der Waals surface area (Å²) in [4.78, 5) is 25.4. The van der Waals surface area contributed by atoms with Crippen molar-refractivity contribution < 1.29 is 20.1 Å². The predicted molar refractivity (Wildman–Crippen MR) is 181 cm³/mol. The lowest BCUT2D eigenvalue weighted by Crippen LogP contribution is -2.34. The molecule has 2 rings (SSSR count). The average Bonchev–Trinajstić information content (AvgIpc) is 3.05. The molecule has 0 aliphatic carbocycles. The number of aliphatic hydroxyl groups is 2. The number of hydrogen-bond acceptors (Lipinski definition) is 10. The smallest absolute Gasteiger partial charge is 0.269 e. The van der Waals surface area contributed by atoms with Crippen LogP contribution < -0.4 is 17.2 Å². The summed E-state index contributed by atoms with van der Waals surface area (Å²) in [6.07, 6.45) is 11.6. The summed E-state index contributed by atoms with van der Waals surface area (Å²) in [7, 11) is 0. The van der Waals surface area contributed by atoms with Gasteiger partial charge >= 0.3 is 0 Å². The van der Waals surface area contributed by atoms with Crippen LogP contribution in [-0.2, 0) is 0 Å². The highest BCUT2D eigenvalue weighted by Gasteiger charge is 2.27. The highest BCUT2D eigenvalue weighted by atomic mass is 16.6. The maximum absolute atomic E-state index is 10.8. The number of rotatable bonds is 20. The molecule has 0 aromatic heterocycles. The van der Waals surface area contributed by atoms with Crippen molar-refractivity contribution in [2.45, 2.75) is 71.3 Å². The first-order chi connectivity index (χ1) is 21.5. The Hall–Kier alpha value is -3.55. The molecule has 0 saturated heterocycles. The van der Waals surface area contributed by atoms with Crippen molar-refractivity contribution >= 4 is 23.7 Å². The topological polar surface area (TPSA) is 217 Å². The normalized spacial score (nSPS) is 13.8. The summed E-state index contributed by atoms with van der Waals surface area (Å²) in [6.45, 7) is 6.63. The van der Waals surface area contributed by atoms with Crippen LogP contribution in [0, 0.1) is 31.1 Å². The van der Waals surface area contributed by atoms with Crippen molar-refractivity contribution in [2.24, 2.45) is 33.0 Å². The molecule has 250 valence electrons. The van der Waals surface area contributed by atoms with Gasteiger partial charge in [0.15, 0.2) is 0 Å². The molecule has 0 fully saturated rings. The van der Waals surface area contributed by atoms with Crippen molar-refractivity contribution in [3.05, 3.63) is 86.0 Å². The highest BCUT2D eigenvalue weighted by Crippen LogP contribution is 2.34. The van der Waals surface area contributed by atoms with Gasteiger partial charge in [-0.15, -0.1) is 0 Å². The average molecular weight is 629 g/mol. The molecular weight excluding hydrogens is 576 g/mol. The Morgan fingerprint density at radius 1 is 0.844 bits per heavy atom. The van der Waals surface area contributed by atoms with Gasteiger partial charge in [-0.3, -0.25) is 25.2 Å². The fraction of sp³-hybridized carbons (Fsp3) is 0.545. The Morgan fingerprint density at radius 2 is 1.36 bits per heavy atom. The van der Waals surface area contributed by atoms with Gasteiger partial charge in [-0.1, -0.05) is 32.4 Å². The van der Waals surface area contributed by atoms with Crippen LogP contribution in [0.15, 0.2) is 59.6 Å². The number of nitrogens with two attached hydrogens (primary N) is 3. The van der Waals surface area contributed by atoms with Gasteiger partial charge in [0.05, 0.1) is 22.6 Å². The van der Waals surface area contributed by atoms with Crippen LogP contribution in [0.4, 0.5) is 11.4 Å². The molecule has 0 saturated carbocycles. The van der Waals surface area contributed by atoms with Crippen LogP contribution in [0.25, 0.3) is 6.08 Å². The summed E-state index contributed by atoms with van der Waals surface area (Å²) < 4.78 is 0. The first-order valence-electron chi connectivity index (χ1n) is 15.6. The van der Waals surface area contributed by atoms with E-state index in [1.165, 1.54) is 24.3 Å². The summed E-state index contributed by atoms with van der Waals surface area (Å²) >= 11 is 0. The van der Waals surface area contributed by atoms with Crippen molar-refractivity contribution in [2.75, 3.05) is 32.8 Å². The molecule has 12 nitrogen and oxygen atoms in total. The zero-order valence-electron chi connectivity index (χ0n) is 26.7. The van der Waals surface area contributed by atoms with Crippen molar-refractivity contribution in [3.8, 4) is 0 Å². The third-order valence-corrected chi connectivity index (χ3v) is 8.47. The fourth-order valence-corrected chi connectivity index (χ4v) is 5.10. The van der Waals surface area contributed by atoms with Gasteiger partial charge in [0.1, 0.15) is 0 Å². The van der Waals surface area contributed by atoms with E-state index >= 15 is 0 Å². The standard InChI is InChI=1S/C25H31N3O6.C8H21N3/c1-2-25(16-4-6-24(30)18-29,15-3-5-20-7-11-22(12-8-20)27(31)32)19-26-17-21-9-13-23(14-10-21)28(33)34;1-2-8(7-11,3-5-9)4-6-10/h3,5,7-14,17,24,29-30H,2,4,6,15-16,18-19H2,1H3;2-7,9-11H2,1H3. The van der Waals surface area contributed by atoms with E-state index in [-0.39, 0.29) is 28.8 Å². The van der Waals surface area contributed by atoms with E-state index < -0.39 is 16.0 Å². The largest absolute Gasteiger partial charge is 0.394 e. The first kappa shape index (κ1) is 39.5. The van der Waals surface area contributed by atoms with Gasteiger partial charge in [-0.25, -0.2) is 0 Å². The van der Waals surface area contributed by atoms with Crippen molar-refractivity contribution in [1.29, 1.82) is 0 Å². The monoisotopic (exact) mass is 628 g/mol. The number of nitrogens with zero attached hydrogens (tertiary/aromatic N) is 3. The lowest BCUT2D eigenvalue weighted by atomic mass is 9.77. The molecular formula is C33H52N6O6. The summed E-state index contributed by atoms with van der Waals surface area (Å²) in [6, 6.07) is 12.5. The molecule has 2 atom stereocenters. The number of benzene rings is 2. The second kappa shape index (κ2) is 21.2. The Labute approximate surface area is 266 Å². The summed E-state index contributed by atoms with van der Waals surface area (Å²) in [5.74, 6) is 0. The number of hydrogen-bond donors (Lipinski definition) is 5.